The Balaban J connectivity index is 1.41. The summed E-state index contributed by atoms with van der Waals surface area (Å²) in [5, 5.41) is 0. The van der Waals surface area contributed by atoms with E-state index in [2.05, 4.69) is 9.88 Å². The van der Waals surface area contributed by atoms with Gasteiger partial charge in [0.15, 0.2) is 0 Å². The minimum Gasteiger partial charge on any atom is -0.442 e. The van der Waals surface area contributed by atoms with Crippen molar-refractivity contribution in [2.75, 3.05) is 19.7 Å². The van der Waals surface area contributed by atoms with Gasteiger partial charge in [0, 0.05) is 25.6 Å². The largest absolute Gasteiger partial charge is 0.442 e. The van der Waals surface area contributed by atoms with Crippen LogP contribution in [-0.4, -0.2) is 35.6 Å². The Kier molecular flexibility index (Phi) is 4.63. The first-order valence-corrected chi connectivity index (χ1v) is 8.82. The van der Waals surface area contributed by atoms with Crippen LogP contribution >= 0.6 is 0 Å². The predicted molar refractivity (Wildman–Crippen MR) is 88.2 cm³/mol. The highest BCUT2D eigenvalue weighted by Gasteiger charge is 2.31. The van der Waals surface area contributed by atoms with Gasteiger partial charge in [-0.2, -0.15) is 0 Å². The average molecular weight is 330 g/mol. The highest BCUT2D eigenvalue weighted by atomic mass is 19.1. The number of morpholine rings is 1. The molecule has 2 aromatic rings. The lowest BCUT2D eigenvalue weighted by molar-refractivity contribution is -0.0557. The summed E-state index contributed by atoms with van der Waals surface area (Å²) in [6, 6.07) is 7.18. The van der Waals surface area contributed by atoms with Gasteiger partial charge < -0.3 is 9.15 Å². The van der Waals surface area contributed by atoms with Crippen LogP contribution in [0.2, 0.25) is 0 Å². The summed E-state index contributed by atoms with van der Waals surface area (Å²) in [5.41, 5.74) is 1.01. The van der Waals surface area contributed by atoms with Crippen molar-refractivity contribution in [3.63, 3.8) is 0 Å². The third-order valence-corrected chi connectivity index (χ3v) is 5.08. The molecule has 1 aliphatic carbocycles. The summed E-state index contributed by atoms with van der Waals surface area (Å²) < 4.78 is 24.8. The molecule has 0 unspecified atom stereocenters. The van der Waals surface area contributed by atoms with E-state index in [1.807, 2.05) is 0 Å². The quantitative estimate of drug-likeness (QED) is 0.856. The minimum absolute atomic E-state index is 0.0821. The molecule has 0 radical (unpaired) electrons. The van der Waals surface area contributed by atoms with Crippen LogP contribution in [0.5, 0.6) is 0 Å². The van der Waals surface area contributed by atoms with Gasteiger partial charge in [-0.1, -0.05) is 25.0 Å². The molecule has 2 aliphatic rings. The van der Waals surface area contributed by atoms with E-state index in [-0.39, 0.29) is 11.9 Å². The van der Waals surface area contributed by atoms with Crippen molar-refractivity contribution in [1.29, 1.82) is 0 Å². The lowest BCUT2D eigenvalue weighted by atomic mass is 10.1. The van der Waals surface area contributed by atoms with Gasteiger partial charge in [0.25, 0.3) is 0 Å². The molecule has 128 valence electrons. The van der Waals surface area contributed by atoms with Gasteiger partial charge in [-0.3, -0.25) is 4.90 Å². The van der Waals surface area contributed by atoms with Crippen LogP contribution < -0.4 is 0 Å². The maximum Gasteiger partial charge on any atom is 0.224 e. The molecule has 4 rings (SSSR count). The zero-order chi connectivity index (χ0) is 16.4. The number of benzene rings is 1. The molecule has 1 saturated heterocycles. The van der Waals surface area contributed by atoms with Crippen LogP contribution in [0.15, 0.2) is 34.9 Å². The fourth-order valence-corrected chi connectivity index (χ4v) is 3.78. The third-order valence-electron chi connectivity index (χ3n) is 5.08. The van der Waals surface area contributed by atoms with E-state index in [0.717, 1.165) is 31.0 Å². The molecule has 24 heavy (non-hydrogen) atoms. The van der Waals surface area contributed by atoms with E-state index in [9.17, 15) is 4.39 Å². The first kappa shape index (κ1) is 15.8. The fourth-order valence-electron chi connectivity index (χ4n) is 3.78. The number of rotatable bonds is 4. The first-order chi connectivity index (χ1) is 11.8. The molecule has 0 N–H and O–H groups in total. The molecular weight excluding hydrogens is 307 g/mol. The smallest absolute Gasteiger partial charge is 0.224 e. The van der Waals surface area contributed by atoms with Crippen LogP contribution in [0.1, 0.15) is 49.0 Å². The monoisotopic (exact) mass is 330 g/mol. The van der Waals surface area contributed by atoms with E-state index in [4.69, 9.17) is 9.15 Å². The first-order valence-electron chi connectivity index (χ1n) is 8.82. The Bertz CT molecular complexity index is 664. The zero-order valence-corrected chi connectivity index (χ0v) is 13.8. The van der Waals surface area contributed by atoms with Crippen LogP contribution in [0, 0.1) is 5.82 Å². The number of halogens is 1. The SMILES string of the molecule is Fc1ccc(Cc2cnc([C@H]3CN(C4CCCC4)CCO3)o2)cc1. The lowest BCUT2D eigenvalue weighted by Gasteiger charge is -2.35. The molecule has 2 heterocycles. The van der Waals surface area contributed by atoms with Gasteiger partial charge in [0.05, 0.1) is 12.8 Å². The molecule has 0 spiro atoms. The Morgan fingerprint density at radius 3 is 2.75 bits per heavy atom. The number of oxazole rings is 1. The Labute approximate surface area is 141 Å². The van der Waals surface area contributed by atoms with Gasteiger partial charge in [0.2, 0.25) is 5.89 Å². The van der Waals surface area contributed by atoms with E-state index in [1.165, 1.54) is 37.8 Å². The van der Waals surface area contributed by atoms with Gasteiger partial charge in [-0.25, -0.2) is 9.37 Å². The average Bonchev–Trinajstić information content (AvgIpc) is 3.29. The molecule has 1 atom stereocenters. The van der Waals surface area contributed by atoms with Gasteiger partial charge >= 0.3 is 0 Å². The molecule has 4 nitrogen and oxygen atoms in total. The number of aromatic nitrogens is 1. The molecule has 1 aliphatic heterocycles. The maximum atomic E-state index is 13.0. The number of hydrogen-bond donors (Lipinski definition) is 0. The highest BCUT2D eigenvalue weighted by Crippen LogP contribution is 2.29. The van der Waals surface area contributed by atoms with Crippen molar-refractivity contribution in [1.82, 2.24) is 9.88 Å². The summed E-state index contributed by atoms with van der Waals surface area (Å²) in [6.07, 6.45) is 7.58. The predicted octanol–water partition coefficient (Wildman–Crippen LogP) is 3.72. The molecule has 1 aromatic carbocycles. The normalized spacial score (nSPS) is 23.0. The minimum atomic E-state index is -0.223. The number of hydrogen-bond acceptors (Lipinski definition) is 4. The molecule has 1 saturated carbocycles. The Morgan fingerprint density at radius 2 is 1.96 bits per heavy atom. The number of ether oxygens (including phenoxy) is 1. The zero-order valence-electron chi connectivity index (χ0n) is 13.8. The standard InChI is InChI=1S/C19H23FN2O2/c20-15-7-5-14(6-8-15)11-17-12-21-19(24-17)18-13-22(9-10-23-18)16-3-1-2-4-16/h5-8,12,16,18H,1-4,9-11,13H2/t18-/m1/s1. The van der Waals surface area contributed by atoms with Crippen molar-refractivity contribution in [3.05, 3.63) is 53.5 Å². The van der Waals surface area contributed by atoms with Crippen LogP contribution in [0.4, 0.5) is 4.39 Å². The second-order valence-electron chi connectivity index (χ2n) is 6.76. The van der Waals surface area contributed by atoms with Crippen LogP contribution in [-0.2, 0) is 11.2 Å². The van der Waals surface area contributed by atoms with Gasteiger partial charge in [-0.05, 0) is 30.5 Å². The van der Waals surface area contributed by atoms with E-state index >= 15 is 0 Å². The van der Waals surface area contributed by atoms with Crippen LogP contribution in [0.25, 0.3) is 0 Å². The Morgan fingerprint density at radius 1 is 1.17 bits per heavy atom. The summed E-state index contributed by atoms with van der Waals surface area (Å²) in [5.74, 6) is 1.23. The fraction of sp³-hybridized carbons (Fsp3) is 0.526. The van der Waals surface area contributed by atoms with Crippen molar-refractivity contribution in [2.24, 2.45) is 0 Å². The summed E-state index contributed by atoms with van der Waals surface area (Å²) in [7, 11) is 0. The summed E-state index contributed by atoms with van der Waals surface area (Å²) in [6.45, 7) is 2.60. The van der Waals surface area contributed by atoms with E-state index in [1.54, 1.807) is 18.3 Å². The topological polar surface area (TPSA) is 38.5 Å². The van der Waals surface area contributed by atoms with Gasteiger partial charge in [-0.15, -0.1) is 0 Å². The van der Waals surface area contributed by atoms with Crippen molar-refractivity contribution >= 4 is 0 Å². The molecule has 0 amide bonds. The molecule has 0 bridgehead atoms. The third kappa shape index (κ3) is 3.52. The molecule has 2 fully saturated rings. The second-order valence-corrected chi connectivity index (χ2v) is 6.76. The summed E-state index contributed by atoms with van der Waals surface area (Å²) >= 11 is 0. The lowest BCUT2D eigenvalue weighted by Crippen LogP contribution is -2.43. The van der Waals surface area contributed by atoms with Gasteiger partial charge in [0.1, 0.15) is 17.7 Å². The van der Waals surface area contributed by atoms with Crippen molar-refractivity contribution in [3.8, 4) is 0 Å². The van der Waals surface area contributed by atoms with Crippen LogP contribution in [0.3, 0.4) is 0 Å². The van der Waals surface area contributed by atoms with E-state index in [0.29, 0.717) is 18.4 Å². The molecule has 5 heteroatoms. The molecule has 1 aromatic heterocycles. The summed E-state index contributed by atoms with van der Waals surface area (Å²) in [4.78, 5) is 6.95. The number of nitrogens with zero attached hydrogens (tertiary/aromatic N) is 2. The van der Waals surface area contributed by atoms with E-state index < -0.39 is 0 Å². The second kappa shape index (κ2) is 7.03. The Hall–Kier alpha value is -1.72. The van der Waals surface area contributed by atoms with Crippen molar-refractivity contribution in [2.45, 2.75) is 44.2 Å². The highest BCUT2D eigenvalue weighted by molar-refractivity contribution is 5.20. The maximum absolute atomic E-state index is 13.0. The van der Waals surface area contributed by atoms with Crippen molar-refractivity contribution < 1.29 is 13.5 Å². The molecular formula is C19H23FN2O2.